The number of H-pyrrole nitrogens is 1. The van der Waals surface area contributed by atoms with Crippen LogP contribution in [0.25, 0.3) is 0 Å². The first-order chi connectivity index (χ1) is 14.1. The Morgan fingerprint density at radius 1 is 1.17 bits per heavy atom. The van der Waals surface area contributed by atoms with Crippen molar-refractivity contribution in [2.24, 2.45) is 0 Å². The number of aryl methyl sites for hydroxylation is 1. The number of halogens is 1. The predicted octanol–water partition coefficient (Wildman–Crippen LogP) is 2.85. The van der Waals surface area contributed by atoms with Crippen LogP contribution < -0.4 is 4.90 Å². The molecule has 0 spiro atoms. The van der Waals surface area contributed by atoms with Gasteiger partial charge in [-0.1, -0.05) is 6.92 Å². The van der Waals surface area contributed by atoms with E-state index in [1.807, 2.05) is 24.0 Å². The Morgan fingerprint density at radius 3 is 2.55 bits per heavy atom. The van der Waals surface area contributed by atoms with Crippen LogP contribution in [0.5, 0.6) is 0 Å². The summed E-state index contributed by atoms with van der Waals surface area (Å²) in [6.45, 7) is 9.39. The van der Waals surface area contributed by atoms with Crippen molar-refractivity contribution in [3.63, 3.8) is 0 Å². The molecule has 0 radical (unpaired) electrons. The Hall–Kier alpha value is -2.41. The Kier molecular flexibility index (Phi) is 5.85. The number of rotatable bonds is 4. The van der Waals surface area contributed by atoms with E-state index in [0.717, 1.165) is 75.5 Å². The van der Waals surface area contributed by atoms with Crippen molar-refractivity contribution in [2.45, 2.75) is 39.2 Å². The van der Waals surface area contributed by atoms with E-state index in [4.69, 9.17) is 0 Å². The lowest BCUT2D eigenvalue weighted by Crippen LogP contribution is -2.56. The van der Waals surface area contributed by atoms with E-state index in [0.29, 0.717) is 11.7 Å². The number of hydrogen-bond donors (Lipinski definition) is 1. The molecule has 156 valence electrons. The highest BCUT2D eigenvalue weighted by Crippen LogP contribution is 2.23. The lowest BCUT2D eigenvalue weighted by Gasteiger charge is -2.43. The zero-order chi connectivity index (χ0) is 20.4. The Morgan fingerprint density at radius 2 is 1.90 bits per heavy atom. The molecule has 6 nitrogen and oxygen atoms in total. The van der Waals surface area contributed by atoms with Gasteiger partial charge in [0.25, 0.3) is 5.91 Å². The minimum absolute atomic E-state index is 0.0492. The second-order valence-corrected chi connectivity index (χ2v) is 8.08. The minimum atomic E-state index is -0.197. The van der Waals surface area contributed by atoms with Crippen LogP contribution in [0, 0.1) is 12.7 Å². The van der Waals surface area contributed by atoms with Gasteiger partial charge in [0.1, 0.15) is 5.82 Å². The van der Waals surface area contributed by atoms with Crippen molar-refractivity contribution in [3.05, 3.63) is 47.0 Å². The molecule has 7 heteroatoms. The van der Waals surface area contributed by atoms with Gasteiger partial charge in [-0.25, -0.2) is 4.39 Å². The van der Waals surface area contributed by atoms with E-state index in [1.54, 1.807) is 0 Å². The van der Waals surface area contributed by atoms with Crippen LogP contribution in [-0.4, -0.2) is 71.2 Å². The topological polar surface area (TPSA) is 55.5 Å². The van der Waals surface area contributed by atoms with E-state index in [2.05, 4.69) is 26.9 Å². The number of carbonyl (C=O) groups is 1. The minimum Gasteiger partial charge on any atom is -0.369 e. The molecule has 1 aromatic carbocycles. The van der Waals surface area contributed by atoms with Gasteiger partial charge in [-0.05, 0) is 50.5 Å². The maximum atomic E-state index is 13.2. The number of anilines is 1. The number of amides is 1. The van der Waals surface area contributed by atoms with Gasteiger partial charge < -0.3 is 9.80 Å². The molecule has 1 aromatic heterocycles. The molecule has 3 heterocycles. The van der Waals surface area contributed by atoms with Crippen molar-refractivity contribution in [3.8, 4) is 0 Å². The highest BCUT2D eigenvalue weighted by Gasteiger charge is 2.31. The molecule has 2 fully saturated rings. The molecule has 1 unspecified atom stereocenters. The third kappa shape index (κ3) is 4.15. The second kappa shape index (κ2) is 8.53. The highest BCUT2D eigenvalue weighted by atomic mass is 19.1. The van der Waals surface area contributed by atoms with E-state index >= 15 is 0 Å². The number of hydrogen-bond acceptors (Lipinski definition) is 4. The fourth-order valence-electron chi connectivity index (χ4n) is 4.57. The highest BCUT2D eigenvalue weighted by molar-refractivity contribution is 5.94. The Bertz CT molecular complexity index is 841. The average molecular weight is 400 g/mol. The molecule has 29 heavy (non-hydrogen) atoms. The zero-order valence-electron chi connectivity index (χ0n) is 17.3. The van der Waals surface area contributed by atoms with Crippen molar-refractivity contribution in [1.82, 2.24) is 20.0 Å². The van der Waals surface area contributed by atoms with Gasteiger partial charge in [-0.3, -0.25) is 14.8 Å². The van der Waals surface area contributed by atoms with Crippen molar-refractivity contribution in [2.75, 3.05) is 44.2 Å². The molecule has 2 aromatic rings. The monoisotopic (exact) mass is 399 g/mol. The van der Waals surface area contributed by atoms with Crippen molar-refractivity contribution in [1.29, 1.82) is 0 Å². The Labute approximate surface area is 171 Å². The lowest BCUT2D eigenvalue weighted by atomic mass is 10.0. The summed E-state index contributed by atoms with van der Waals surface area (Å²) in [5.74, 6) is -0.148. The van der Waals surface area contributed by atoms with Crippen LogP contribution >= 0.6 is 0 Å². The predicted molar refractivity (Wildman–Crippen MR) is 112 cm³/mol. The molecule has 4 rings (SSSR count). The second-order valence-electron chi connectivity index (χ2n) is 8.08. The number of piperazine rings is 1. The molecule has 1 amide bonds. The molecule has 1 atom stereocenters. The van der Waals surface area contributed by atoms with Gasteiger partial charge in [-0.15, -0.1) is 0 Å². The summed E-state index contributed by atoms with van der Waals surface area (Å²) in [5, 5.41) is 7.29. The van der Waals surface area contributed by atoms with Crippen LogP contribution in [-0.2, 0) is 6.42 Å². The van der Waals surface area contributed by atoms with E-state index in [-0.39, 0.29) is 11.7 Å². The SMILES string of the molecule is CCc1[nH]nc(C(=O)N2CCCC(N3CCN(c4ccc(F)cc4)CC3)C2)c1C. The summed E-state index contributed by atoms with van der Waals surface area (Å²) in [6.07, 6.45) is 3.01. The number of carbonyl (C=O) groups excluding carboxylic acids is 1. The van der Waals surface area contributed by atoms with Crippen molar-refractivity contribution >= 4 is 11.6 Å². The van der Waals surface area contributed by atoms with E-state index in [9.17, 15) is 9.18 Å². The van der Waals surface area contributed by atoms with Gasteiger partial charge >= 0.3 is 0 Å². The fraction of sp³-hybridized carbons (Fsp3) is 0.545. The number of likely N-dealkylation sites (tertiary alicyclic amines) is 1. The van der Waals surface area contributed by atoms with Gasteiger partial charge in [0.05, 0.1) is 0 Å². The number of nitrogens with one attached hydrogen (secondary N) is 1. The van der Waals surface area contributed by atoms with Crippen LogP contribution in [0.15, 0.2) is 24.3 Å². The number of nitrogens with zero attached hydrogens (tertiary/aromatic N) is 4. The van der Waals surface area contributed by atoms with Crippen LogP contribution in [0.3, 0.4) is 0 Å². The normalized spacial score (nSPS) is 20.9. The van der Waals surface area contributed by atoms with Gasteiger partial charge in [0.15, 0.2) is 5.69 Å². The third-order valence-corrected chi connectivity index (χ3v) is 6.37. The molecule has 0 saturated carbocycles. The number of benzene rings is 1. The zero-order valence-corrected chi connectivity index (χ0v) is 17.3. The van der Waals surface area contributed by atoms with Crippen LogP contribution in [0.1, 0.15) is 41.5 Å². The first-order valence-corrected chi connectivity index (χ1v) is 10.6. The molecule has 2 aliphatic heterocycles. The lowest BCUT2D eigenvalue weighted by molar-refractivity contribution is 0.0557. The molecule has 2 saturated heterocycles. The maximum Gasteiger partial charge on any atom is 0.274 e. The molecular formula is C22H30FN5O. The maximum absolute atomic E-state index is 13.2. The summed E-state index contributed by atoms with van der Waals surface area (Å²) >= 11 is 0. The van der Waals surface area contributed by atoms with E-state index < -0.39 is 0 Å². The first kappa shape index (κ1) is 19.9. The van der Waals surface area contributed by atoms with Crippen LogP contribution in [0.2, 0.25) is 0 Å². The Balaban J connectivity index is 1.36. The first-order valence-electron chi connectivity index (χ1n) is 10.6. The standard InChI is InChI=1S/C22H30FN5O/c1-3-20-16(2)21(25-24-20)22(29)28-10-4-5-19(15-28)27-13-11-26(12-14-27)18-8-6-17(23)7-9-18/h6-9,19H,3-5,10-15H2,1-2H3,(H,24,25). The number of piperidine rings is 1. The molecule has 1 N–H and O–H groups in total. The number of aromatic amines is 1. The summed E-state index contributed by atoms with van der Waals surface area (Å²) < 4.78 is 13.2. The molecule has 0 aliphatic carbocycles. The summed E-state index contributed by atoms with van der Waals surface area (Å²) in [6, 6.07) is 7.14. The van der Waals surface area contributed by atoms with E-state index in [1.165, 1.54) is 12.1 Å². The van der Waals surface area contributed by atoms with Crippen molar-refractivity contribution < 1.29 is 9.18 Å². The average Bonchev–Trinajstić information content (AvgIpc) is 3.14. The molecular weight excluding hydrogens is 369 g/mol. The van der Waals surface area contributed by atoms with Gasteiger partial charge in [-0.2, -0.15) is 5.10 Å². The smallest absolute Gasteiger partial charge is 0.274 e. The summed E-state index contributed by atoms with van der Waals surface area (Å²) in [7, 11) is 0. The summed E-state index contributed by atoms with van der Waals surface area (Å²) in [4.78, 5) is 19.8. The number of aromatic nitrogens is 2. The van der Waals surface area contributed by atoms with Gasteiger partial charge in [0, 0.05) is 62.3 Å². The largest absolute Gasteiger partial charge is 0.369 e. The van der Waals surface area contributed by atoms with Crippen LogP contribution in [0.4, 0.5) is 10.1 Å². The summed E-state index contributed by atoms with van der Waals surface area (Å²) in [5.41, 5.74) is 3.67. The molecule has 0 bridgehead atoms. The quantitative estimate of drug-likeness (QED) is 0.859. The molecule has 2 aliphatic rings. The van der Waals surface area contributed by atoms with Gasteiger partial charge in [0.2, 0.25) is 0 Å². The third-order valence-electron chi connectivity index (χ3n) is 6.37. The fourth-order valence-corrected chi connectivity index (χ4v) is 4.57.